The second-order valence-electron chi connectivity index (χ2n) is 9.70. The molecule has 0 radical (unpaired) electrons. The molecule has 0 fully saturated rings. The molecule has 0 saturated carbocycles. The third-order valence-electron chi connectivity index (χ3n) is 6.87. The van der Waals surface area contributed by atoms with Gasteiger partial charge in [0.25, 0.3) is 0 Å². The lowest BCUT2D eigenvalue weighted by Crippen LogP contribution is -2.32. The Balaban J connectivity index is 1.67. The van der Waals surface area contributed by atoms with Crippen molar-refractivity contribution in [1.82, 2.24) is 0 Å². The van der Waals surface area contributed by atoms with E-state index in [0.717, 1.165) is 28.6 Å². The zero-order valence-electron chi connectivity index (χ0n) is 17.9. The average molecular weight is 404 g/mol. The quantitative estimate of drug-likeness (QED) is 0.361. The molecule has 152 valence electrons. The van der Waals surface area contributed by atoms with Gasteiger partial charge in [-0.3, -0.25) is 4.79 Å². The van der Waals surface area contributed by atoms with Crippen LogP contribution in [-0.2, 0) is 4.79 Å². The van der Waals surface area contributed by atoms with Gasteiger partial charge in [-0.2, -0.15) is 0 Å². The standard InChI is InChI=1S/C29H25NO/c1-29(2)16-23-27(25(31)17-29)26-21-12-6-4-9-19(21)14-15-24(26)30-28(23)22-13-7-10-18-8-3-5-11-20(18)22/h3-15,28,30H,16-17H2,1-2H3/t28-/m1/s1. The molecular weight excluding hydrogens is 378 g/mol. The second-order valence-corrected chi connectivity index (χ2v) is 9.70. The number of carbonyl (C=O) groups excluding carboxylic acids is 1. The number of benzene rings is 4. The number of nitrogens with one attached hydrogen (secondary N) is 1. The zero-order valence-corrected chi connectivity index (χ0v) is 17.9. The summed E-state index contributed by atoms with van der Waals surface area (Å²) in [4.78, 5) is 13.6. The zero-order chi connectivity index (χ0) is 21.2. The van der Waals surface area contributed by atoms with Crippen LogP contribution in [0.3, 0.4) is 0 Å². The lowest BCUT2D eigenvalue weighted by atomic mass is 9.67. The number of carbonyl (C=O) groups is 1. The summed E-state index contributed by atoms with van der Waals surface area (Å²) in [6.45, 7) is 4.43. The molecule has 1 aliphatic carbocycles. The van der Waals surface area contributed by atoms with Crippen LogP contribution in [-0.4, -0.2) is 5.78 Å². The average Bonchev–Trinajstić information content (AvgIpc) is 2.77. The fraction of sp³-hybridized carbons (Fsp3) is 0.207. The fourth-order valence-electron chi connectivity index (χ4n) is 5.59. The summed E-state index contributed by atoms with van der Waals surface area (Å²) in [6.07, 6.45) is 1.51. The first kappa shape index (κ1) is 18.4. The first-order chi connectivity index (χ1) is 15.0. The Bertz CT molecular complexity index is 1400. The molecule has 4 aromatic carbocycles. The van der Waals surface area contributed by atoms with Gasteiger partial charge >= 0.3 is 0 Å². The monoisotopic (exact) mass is 403 g/mol. The molecule has 1 aliphatic heterocycles. The van der Waals surface area contributed by atoms with Crippen LogP contribution in [0.1, 0.15) is 43.9 Å². The van der Waals surface area contributed by atoms with Crippen LogP contribution in [0.25, 0.3) is 27.1 Å². The number of anilines is 1. The van der Waals surface area contributed by atoms with E-state index >= 15 is 0 Å². The molecule has 2 heteroatoms. The molecule has 2 nitrogen and oxygen atoms in total. The molecule has 0 amide bonds. The summed E-state index contributed by atoms with van der Waals surface area (Å²) in [5.74, 6) is 0.274. The molecule has 1 atom stereocenters. The molecule has 0 bridgehead atoms. The normalized spacial score (nSPS) is 19.8. The summed E-state index contributed by atoms with van der Waals surface area (Å²) in [7, 11) is 0. The van der Waals surface area contributed by atoms with Crippen LogP contribution in [0, 0.1) is 5.41 Å². The van der Waals surface area contributed by atoms with Gasteiger partial charge in [-0.25, -0.2) is 0 Å². The molecule has 1 N–H and O–H groups in total. The van der Waals surface area contributed by atoms with E-state index in [-0.39, 0.29) is 17.2 Å². The third kappa shape index (κ3) is 2.82. The van der Waals surface area contributed by atoms with Crippen LogP contribution < -0.4 is 5.32 Å². The molecule has 0 spiro atoms. The Kier molecular flexibility index (Phi) is 3.89. The largest absolute Gasteiger partial charge is 0.374 e. The maximum atomic E-state index is 13.6. The van der Waals surface area contributed by atoms with Crippen LogP contribution in [0.2, 0.25) is 0 Å². The molecule has 2 aliphatic rings. The minimum atomic E-state index is -0.0392. The second kappa shape index (κ2) is 6.55. The summed E-state index contributed by atoms with van der Waals surface area (Å²) in [5.41, 5.74) is 5.54. The lowest BCUT2D eigenvalue weighted by Gasteiger charge is -2.40. The number of rotatable bonds is 1. The Morgan fingerprint density at radius 3 is 2.26 bits per heavy atom. The molecule has 0 unspecified atom stereocenters. The van der Waals surface area contributed by atoms with E-state index in [9.17, 15) is 4.79 Å². The molecule has 0 saturated heterocycles. The van der Waals surface area contributed by atoms with Crippen molar-refractivity contribution in [3.8, 4) is 0 Å². The van der Waals surface area contributed by atoms with Crippen LogP contribution >= 0.6 is 0 Å². The first-order valence-electron chi connectivity index (χ1n) is 11.0. The molecular formula is C29H25NO. The highest BCUT2D eigenvalue weighted by Gasteiger charge is 2.40. The van der Waals surface area contributed by atoms with Gasteiger partial charge in [0.1, 0.15) is 0 Å². The van der Waals surface area contributed by atoms with Gasteiger partial charge in [-0.15, -0.1) is 0 Å². The van der Waals surface area contributed by atoms with E-state index < -0.39 is 0 Å². The van der Waals surface area contributed by atoms with Gasteiger partial charge in [-0.05, 0) is 50.6 Å². The van der Waals surface area contributed by atoms with Gasteiger partial charge in [0.15, 0.2) is 5.78 Å². The highest BCUT2D eigenvalue weighted by atomic mass is 16.1. The van der Waals surface area contributed by atoms with E-state index in [1.165, 1.54) is 27.3 Å². The van der Waals surface area contributed by atoms with E-state index in [1.54, 1.807) is 0 Å². The minimum Gasteiger partial charge on any atom is -0.374 e. The van der Waals surface area contributed by atoms with Crippen molar-refractivity contribution in [3.63, 3.8) is 0 Å². The lowest BCUT2D eigenvalue weighted by molar-refractivity contribution is -0.116. The van der Waals surface area contributed by atoms with Gasteiger partial charge in [0, 0.05) is 23.2 Å². The first-order valence-corrected chi connectivity index (χ1v) is 11.0. The number of hydrogen-bond acceptors (Lipinski definition) is 2. The summed E-state index contributed by atoms with van der Waals surface area (Å²) in [5, 5.41) is 8.65. The number of ketones is 1. The highest BCUT2D eigenvalue weighted by molar-refractivity contribution is 6.28. The smallest absolute Gasteiger partial charge is 0.164 e. The van der Waals surface area contributed by atoms with Gasteiger partial charge in [0.05, 0.1) is 6.04 Å². The Morgan fingerprint density at radius 1 is 0.774 bits per heavy atom. The summed E-state index contributed by atoms with van der Waals surface area (Å²) >= 11 is 0. The third-order valence-corrected chi connectivity index (χ3v) is 6.87. The fourth-order valence-corrected chi connectivity index (χ4v) is 5.59. The topological polar surface area (TPSA) is 29.1 Å². The predicted octanol–water partition coefficient (Wildman–Crippen LogP) is 7.30. The molecule has 31 heavy (non-hydrogen) atoms. The van der Waals surface area contributed by atoms with Gasteiger partial charge in [-0.1, -0.05) is 86.6 Å². The highest BCUT2D eigenvalue weighted by Crippen LogP contribution is 2.52. The Hall–Kier alpha value is -3.39. The van der Waals surface area contributed by atoms with Crippen LogP contribution in [0.5, 0.6) is 0 Å². The maximum Gasteiger partial charge on any atom is 0.164 e. The number of Topliss-reactive ketones (excluding diaryl/α,β-unsaturated/α-hetero) is 1. The molecule has 4 aromatic rings. The van der Waals surface area contributed by atoms with Crippen molar-refractivity contribution in [1.29, 1.82) is 0 Å². The number of fused-ring (bicyclic) bond motifs is 5. The maximum absolute atomic E-state index is 13.6. The molecule has 6 rings (SSSR count). The predicted molar refractivity (Wildman–Crippen MR) is 129 cm³/mol. The van der Waals surface area contributed by atoms with Crippen molar-refractivity contribution in [2.24, 2.45) is 5.41 Å². The summed E-state index contributed by atoms with van der Waals surface area (Å²) < 4.78 is 0. The van der Waals surface area contributed by atoms with Gasteiger partial charge < -0.3 is 5.32 Å². The van der Waals surface area contributed by atoms with E-state index in [2.05, 4.69) is 98.0 Å². The van der Waals surface area contributed by atoms with Gasteiger partial charge in [0.2, 0.25) is 0 Å². The number of allylic oxidation sites excluding steroid dienone is 1. The number of hydrogen-bond donors (Lipinski definition) is 1. The van der Waals surface area contributed by atoms with Crippen molar-refractivity contribution < 1.29 is 4.79 Å². The Labute approximate surface area is 182 Å². The SMILES string of the molecule is CC1(C)CC(=O)C2=C(C1)[C@@H](c1cccc3ccccc13)Nc1ccc3ccccc3c12. The minimum absolute atomic E-state index is 0.00159. The van der Waals surface area contributed by atoms with Crippen molar-refractivity contribution in [3.05, 3.63) is 95.6 Å². The van der Waals surface area contributed by atoms with Crippen molar-refractivity contribution >= 4 is 38.6 Å². The van der Waals surface area contributed by atoms with Crippen LogP contribution in [0.15, 0.2) is 84.4 Å². The van der Waals surface area contributed by atoms with E-state index in [4.69, 9.17) is 0 Å². The van der Waals surface area contributed by atoms with Crippen molar-refractivity contribution in [2.75, 3.05) is 5.32 Å². The van der Waals surface area contributed by atoms with E-state index in [0.29, 0.717) is 6.42 Å². The molecule has 1 heterocycles. The Morgan fingerprint density at radius 2 is 1.45 bits per heavy atom. The van der Waals surface area contributed by atoms with Crippen LogP contribution in [0.4, 0.5) is 5.69 Å². The van der Waals surface area contributed by atoms with Crippen molar-refractivity contribution in [2.45, 2.75) is 32.7 Å². The van der Waals surface area contributed by atoms with E-state index in [1.807, 2.05) is 0 Å². The summed E-state index contributed by atoms with van der Waals surface area (Å²) in [6, 6.07) is 27.7. The molecule has 0 aromatic heterocycles.